The fraction of sp³-hybridized carbons (Fsp3) is 0.409. The van der Waals surface area contributed by atoms with Crippen LogP contribution in [0.1, 0.15) is 34.8 Å². The maximum atomic E-state index is 12.5. The van der Waals surface area contributed by atoms with Crippen LogP contribution in [0.2, 0.25) is 0 Å². The Morgan fingerprint density at radius 2 is 1.69 bits per heavy atom. The lowest BCUT2D eigenvalue weighted by molar-refractivity contribution is 0.0729. The van der Waals surface area contributed by atoms with E-state index in [1.165, 1.54) is 9.87 Å². The average Bonchev–Trinajstić information content (AvgIpc) is 2.74. The number of benzene rings is 2. The predicted octanol–water partition coefficient (Wildman–Crippen LogP) is 2.60. The third-order valence-corrected chi connectivity index (χ3v) is 6.87. The Morgan fingerprint density at radius 3 is 2.34 bits per heavy atom. The molecule has 2 aromatic rings. The van der Waals surface area contributed by atoms with E-state index in [0.29, 0.717) is 37.4 Å². The highest BCUT2D eigenvalue weighted by atomic mass is 32.2. The summed E-state index contributed by atoms with van der Waals surface area (Å²) in [5, 5.41) is 3.01. The Morgan fingerprint density at radius 1 is 1.03 bits per heavy atom. The van der Waals surface area contributed by atoms with Gasteiger partial charge in [0.1, 0.15) is 0 Å². The van der Waals surface area contributed by atoms with Gasteiger partial charge in [0, 0.05) is 24.7 Å². The van der Waals surface area contributed by atoms with Gasteiger partial charge in [0.25, 0.3) is 5.91 Å². The number of rotatable bonds is 8. The summed E-state index contributed by atoms with van der Waals surface area (Å²) in [7, 11) is -3.37. The largest absolute Gasteiger partial charge is 0.379 e. The molecule has 1 saturated heterocycles. The summed E-state index contributed by atoms with van der Waals surface area (Å²) in [5.74, 6) is -0.212. The molecule has 29 heavy (non-hydrogen) atoms. The van der Waals surface area contributed by atoms with Crippen LogP contribution in [0.5, 0.6) is 0 Å². The van der Waals surface area contributed by atoms with Gasteiger partial charge in [0.15, 0.2) is 0 Å². The Bertz CT molecular complexity index is 892. The minimum Gasteiger partial charge on any atom is -0.379 e. The number of carbonyl (C=O) groups is 1. The summed E-state index contributed by atoms with van der Waals surface area (Å²) in [6.07, 6.45) is 1.76. The number of sulfonamides is 1. The maximum Gasteiger partial charge on any atom is 0.251 e. The first-order valence-corrected chi connectivity index (χ1v) is 11.5. The molecule has 2 aromatic carbocycles. The topological polar surface area (TPSA) is 75.7 Å². The van der Waals surface area contributed by atoms with E-state index in [4.69, 9.17) is 4.74 Å². The molecule has 0 bridgehead atoms. The van der Waals surface area contributed by atoms with Crippen molar-refractivity contribution in [2.24, 2.45) is 0 Å². The second kappa shape index (κ2) is 10.0. The second-order valence-electron chi connectivity index (χ2n) is 7.36. The van der Waals surface area contributed by atoms with Crippen LogP contribution in [0.4, 0.5) is 0 Å². The third kappa shape index (κ3) is 6.39. The molecule has 0 spiro atoms. The first kappa shape index (κ1) is 21.5. The summed E-state index contributed by atoms with van der Waals surface area (Å²) in [6.45, 7) is 3.64. The lowest BCUT2D eigenvalue weighted by Crippen LogP contribution is -2.41. The minimum absolute atomic E-state index is 0.0454. The molecule has 1 aliphatic heterocycles. The van der Waals surface area contributed by atoms with E-state index in [2.05, 4.69) is 17.4 Å². The molecule has 3 rings (SSSR count). The maximum absolute atomic E-state index is 12.5. The van der Waals surface area contributed by atoms with Gasteiger partial charge in [0.2, 0.25) is 10.0 Å². The number of amides is 1. The van der Waals surface area contributed by atoms with Crippen LogP contribution in [0, 0.1) is 0 Å². The quantitative estimate of drug-likeness (QED) is 0.718. The van der Waals surface area contributed by atoms with Gasteiger partial charge in [0.05, 0.1) is 19.0 Å². The van der Waals surface area contributed by atoms with E-state index in [0.717, 1.165) is 12.8 Å². The highest BCUT2D eigenvalue weighted by Gasteiger charge is 2.24. The van der Waals surface area contributed by atoms with Gasteiger partial charge in [-0.05, 0) is 43.0 Å². The second-order valence-corrected chi connectivity index (χ2v) is 9.33. The van der Waals surface area contributed by atoms with E-state index in [9.17, 15) is 13.2 Å². The lowest BCUT2D eigenvalue weighted by atomic mass is 10.1. The van der Waals surface area contributed by atoms with Gasteiger partial charge < -0.3 is 10.1 Å². The Labute approximate surface area is 172 Å². The molecule has 1 fully saturated rings. The van der Waals surface area contributed by atoms with Gasteiger partial charge in [-0.25, -0.2) is 8.42 Å². The summed E-state index contributed by atoms with van der Waals surface area (Å²) < 4.78 is 31.7. The summed E-state index contributed by atoms with van der Waals surface area (Å²) >= 11 is 0. The van der Waals surface area contributed by atoms with Crippen LogP contribution in [-0.4, -0.2) is 51.0 Å². The highest BCUT2D eigenvalue weighted by Crippen LogP contribution is 2.14. The van der Waals surface area contributed by atoms with E-state index < -0.39 is 10.0 Å². The standard InChI is InChI=1S/C22H28N2O4S/c1-18(7-8-19-5-3-2-4-6-19)23-22(25)21-11-9-20(10-12-21)17-29(26,27)24-13-15-28-16-14-24/h2-6,9-12,18H,7-8,13-17H2,1H3,(H,23,25). The zero-order chi connectivity index (χ0) is 20.7. The number of hydrogen-bond acceptors (Lipinski definition) is 4. The third-order valence-electron chi connectivity index (χ3n) is 5.01. The molecule has 1 heterocycles. The average molecular weight is 417 g/mol. The molecule has 0 radical (unpaired) electrons. The summed E-state index contributed by atoms with van der Waals surface area (Å²) in [5.41, 5.74) is 2.45. The van der Waals surface area contributed by atoms with Crippen molar-refractivity contribution in [1.29, 1.82) is 0 Å². The fourth-order valence-corrected chi connectivity index (χ4v) is 4.79. The van der Waals surface area contributed by atoms with Gasteiger partial charge >= 0.3 is 0 Å². The van der Waals surface area contributed by atoms with Crippen molar-refractivity contribution in [1.82, 2.24) is 9.62 Å². The molecular formula is C22H28N2O4S. The van der Waals surface area contributed by atoms with Crippen LogP contribution in [0.15, 0.2) is 54.6 Å². The first-order chi connectivity index (χ1) is 13.9. The van der Waals surface area contributed by atoms with Crippen LogP contribution in [0.3, 0.4) is 0 Å². The Balaban J connectivity index is 1.51. The first-order valence-electron chi connectivity index (χ1n) is 9.93. The van der Waals surface area contributed by atoms with Crippen LogP contribution in [-0.2, 0) is 26.9 Å². The number of ether oxygens (including phenoxy) is 1. The van der Waals surface area contributed by atoms with E-state index >= 15 is 0 Å². The molecule has 0 aliphatic carbocycles. The van der Waals surface area contributed by atoms with E-state index in [1.54, 1.807) is 24.3 Å². The molecule has 1 N–H and O–H groups in total. The Hall–Kier alpha value is -2.22. The van der Waals surface area contributed by atoms with Crippen molar-refractivity contribution >= 4 is 15.9 Å². The van der Waals surface area contributed by atoms with E-state index in [-0.39, 0.29) is 17.7 Å². The number of morpholine rings is 1. The number of nitrogens with zero attached hydrogens (tertiary/aromatic N) is 1. The van der Waals surface area contributed by atoms with Crippen LogP contribution >= 0.6 is 0 Å². The lowest BCUT2D eigenvalue weighted by Gasteiger charge is -2.26. The normalized spacial score (nSPS) is 16.3. The fourth-order valence-electron chi connectivity index (χ4n) is 3.29. The predicted molar refractivity (Wildman–Crippen MR) is 113 cm³/mol. The van der Waals surface area contributed by atoms with Crippen molar-refractivity contribution in [3.63, 3.8) is 0 Å². The zero-order valence-corrected chi connectivity index (χ0v) is 17.5. The van der Waals surface area contributed by atoms with Crippen molar-refractivity contribution in [3.05, 3.63) is 71.3 Å². The van der Waals surface area contributed by atoms with Crippen molar-refractivity contribution in [2.45, 2.75) is 31.6 Å². The van der Waals surface area contributed by atoms with Crippen molar-refractivity contribution in [2.75, 3.05) is 26.3 Å². The molecule has 1 atom stereocenters. The van der Waals surface area contributed by atoms with Gasteiger partial charge in [-0.1, -0.05) is 42.5 Å². The number of nitrogens with one attached hydrogen (secondary N) is 1. The van der Waals surface area contributed by atoms with Gasteiger partial charge in [-0.2, -0.15) is 4.31 Å². The molecule has 6 nitrogen and oxygen atoms in total. The molecule has 1 aliphatic rings. The molecule has 0 saturated carbocycles. The number of aryl methyl sites for hydroxylation is 1. The number of hydrogen-bond donors (Lipinski definition) is 1. The monoisotopic (exact) mass is 416 g/mol. The summed E-state index contributed by atoms with van der Waals surface area (Å²) in [4.78, 5) is 12.5. The SMILES string of the molecule is CC(CCc1ccccc1)NC(=O)c1ccc(CS(=O)(=O)N2CCOCC2)cc1. The van der Waals surface area contributed by atoms with Crippen LogP contribution in [0.25, 0.3) is 0 Å². The molecule has 1 unspecified atom stereocenters. The van der Waals surface area contributed by atoms with E-state index in [1.807, 2.05) is 25.1 Å². The molecule has 7 heteroatoms. The summed E-state index contributed by atoms with van der Waals surface area (Å²) in [6, 6.07) is 17.0. The smallest absolute Gasteiger partial charge is 0.251 e. The number of carbonyl (C=O) groups excluding carboxylic acids is 1. The van der Waals surface area contributed by atoms with Crippen LogP contribution < -0.4 is 5.32 Å². The molecule has 1 amide bonds. The minimum atomic E-state index is -3.37. The van der Waals surface area contributed by atoms with Gasteiger partial charge in [-0.3, -0.25) is 4.79 Å². The zero-order valence-electron chi connectivity index (χ0n) is 16.7. The van der Waals surface area contributed by atoms with Crippen molar-refractivity contribution in [3.8, 4) is 0 Å². The highest BCUT2D eigenvalue weighted by molar-refractivity contribution is 7.88. The molecule has 0 aromatic heterocycles. The Kier molecular flexibility index (Phi) is 7.41. The molecular weight excluding hydrogens is 388 g/mol. The van der Waals surface area contributed by atoms with Crippen molar-refractivity contribution < 1.29 is 17.9 Å². The molecule has 156 valence electrons. The van der Waals surface area contributed by atoms with Gasteiger partial charge in [-0.15, -0.1) is 0 Å².